The molecule has 1 fully saturated rings. The number of benzene rings is 1. The zero-order chi connectivity index (χ0) is 17.6. The summed E-state index contributed by atoms with van der Waals surface area (Å²) in [6.07, 6.45) is 5.49. The van der Waals surface area contributed by atoms with E-state index < -0.39 is 14.6 Å². The largest absolute Gasteiger partial charge is 0.298 e. The van der Waals surface area contributed by atoms with E-state index >= 15 is 0 Å². The van der Waals surface area contributed by atoms with Crippen LogP contribution in [0.1, 0.15) is 58.8 Å². The van der Waals surface area contributed by atoms with Crippen molar-refractivity contribution in [2.45, 2.75) is 73.7 Å². The fraction of sp³-hybridized carbons (Fsp3) is 0.632. The molecule has 0 heterocycles. The fourth-order valence-electron chi connectivity index (χ4n) is 3.19. The molecule has 1 aromatic carbocycles. The van der Waals surface area contributed by atoms with E-state index in [1.807, 2.05) is 30.3 Å². The Labute approximate surface area is 150 Å². The summed E-state index contributed by atoms with van der Waals surface area (Å²) in [7, 11) is -3.41. The van der Waals surface area contributed by atoms with Gasteiger partial charge < -0.3 is 0 Å². The van der Waals surface area contributed by atoms with E-state index in [0.29, 0.717) is 25.7 Å². The molecule has 1 aromatic rings. The average molecular weight is 369 g/mol. The molecule has 1 aliphatic rings. The maximum Gasteiger partial charge on any atom is 0.165 e. The van der Waals surface area contributed by atoms with Gasteiger partial charge in [-0.15, -0.1) is 11.8 Å². The number of carbonyl (C=O) groups is 1. The predicted molar refractivity (Wildman–Crippen MR) is 101 cm³/mol. The van der Waals surface area contributed by atoms with Crippen LogP contribution < -0.4 is 0 Å². The Morgan fingerprint density at radius 1 is 1.12 bits per heavy atom. The molecule has 0 aliphatic heterocycles. The molecule has 2 rings (SSSR count). The quantitative estimate of drug-likeness (QED) is 0.495. The highest BCUT2D eigenvalue weighted by atomic mass is 32.2. The van der Waals surface area contributed by atoms with Gasteiger partial charge >= 0.3 is 0 Å². The number of hydrogen-bond donors (Lipinski definition) is 0. The van der Waals surface area contributed by atoms with Crippen LogP contribution in [0.3, 0.4) is 0 Å². The van der Waals surface area contributed by atoms with Crippen molar-refractivity contribution in [3.05, 3.63) is 30.3 Å². The molecule has 1 aliphatic carbocycles. The van der Waals surface area contributed by atoms with E-state index in [1.165, 1.54) is 4.90 Å². The molecular weight excluding hydrogens is 340 g/mol. The summed E-state index contributed by atoms with van der Waals surface area (Å²) >= 11 is 1.71. The molecular formula is C19H28O3S2. The van der Waals surface area contributed by atoms with Crippen molar-refractivity contribution in [3.63, 3.8) is 0 Å². The van der Waals surface area contributed by atoms with Gasteiger partial charge in [0.1, 0.15) is 4.75 Å². The molecule has 24 heavy (non-hydrogen) atoms. The molecule has 0 bridgehead atoms. The Kier molecular flexibility index (Phi) is 6.93. The van der Waals surface area contributed by atoms with Crippen LogP contribution in [0.15, 0.2) is 35.2 Å². The van der Waals surface area contributed by atoms with Crippen LogP contribution in [0, 0.1) is 0 Å². The Hall–Kier alpha value is -0.810. The highest BCUT2D eigenvalue weighted by Crippen LogP contribution is 2.32. The van der Waals surface area contributed by atoms with Gasteiger partial charge in [-0.25, -0.2) is 8.42 Å². The summed E-state index contributed by atoms with van der Waals surface area (Å²) in [5, 5.41) is -0.330. The molecule has 0 saturated heterocycles. The van der Waals surface area contributed by atoms with Gasteiger partial charge in [-0.1, -0.05) is 37.5 Å². The van der Waals surface area contributed by atoms with Crippen molar-refractivity contribution in [2.75, 3.05) is 5.75 Å². The van der Waals surface area contributed by atoms with Gasteiger partial charge in [0.15, 0.2) is 15.6 Å². The minimum absolute atomic E-state index is 0.137. The van der Waals surface area contributed by atoms with E-state index in [0.717, 1.165) is 25.0 Å². The molecule has 0 N–H and O–H groups in total. The van der Waals surface area contributed by atoms with Gasteiger partial charge in [0.05, 0.1) is 5.25 Å². The third-order valence-electron chi connectivity index (χ3n) is 4.93. The van der Waals surface area contributed by atoms with Gasteiger partial charge in [0, 0.05) is 11.3 Å². The first kappa shape index (κ1) is 19.5. The highest BCUT2D eigenvalue weighted by molar-refractivity contribution is 7.99. The maximum atomic E-state index is 12.9. The molecule has 0 aromatic heterocycles. The first-order valence-electron chi connectivity index (χ1n) is 8.80. The fourth-order valence-corrected chi connectivity index (χ4v) is 6.27. The average Bonchev–Trinajstić information content (AvgIpc) is 2.60. The van der Waals surface area contributed by atoms with E-state index in [9.17, 15) is 13.2 Å². The maximum absolute atomic E-state index is 12.9. The molecule has 134 valence electrons. The third kappa shape index (κ3) is 4.63. The summed E-state index contributed by atoms with van der Waals surface area (Å²) in [5.74, 6) is 0.691. The summed E-state index contributed by atoms with van der Waals surface area (Å²) in [4.78, 5) is 13.8. The van der Waals surface area contributed by atoms with Crippen LogP contribution in [0.5, 0.6) is 0 Å². The minimum atomic E-state index is -3.41. The van der Waals surface area contributed by atoms with E-state index in [4.69, 9.17) is 0 Å². The van der Waals surface area contributed by atoms with Crippen LogP contribution >= 0.6 is 11.8 Å². The van der Waals surface area contributed by atoms with Gasteiger partial charge in [-0.3, -0.25) is 4.79 Å². The lowest BCUT2D eigenvalue weighted by Crippen LogP contribution is -2.46. The first-order valence-corrected chi connectivity index (χ1v) is 11.3. The third-order valence-corrected chi connectivity index (χ3v) is 9.03. The van der Waals surface area contributed by atoms with Crippen molar-refractivity contribution >= 4 is 27.4 Å². The first-order chi connectivity index (χ1) is 11.4. The zero-order valence-corrected chi connectivity index (χ0v) is 16.3. The predicted octanol–water partition coefficient (Wildman–Crippen LogP) is 4.65. The molecule has 0 atom stereocenters. The Balaban J connectivity index is 1.87. The number of carbonyl (C=O) groups excluding carboxylic acids is 1. The van der Waals surface area contributed by atoms with Crippen molar-refractivity contribution in [3.8, 4) is 0 Å². The lowest BCUT2D eigenvalue weighted by molar-refractivity contribution is -0.120. The van der Waals surface area contributed by atoms with Gasteiger partial charge in [0.25, 0.3) is 0 Å². The number of hydrogen-bond acceptors (Lipinski definition) is 4. The monoisotopic (exact) mass is 368 g/mol. The van der Waals surface area contributed by atoms with Gasteiger partial charge in [-0.2, -0.15) is 0 Å². The van der Waals surface area contributed by atoms with Crippen molar-refractivity contribution in [1.82, 2.24) is 0 Å². The van der Waals surface area contributed by atoms with Crippen molar-refractivity contribution in [1.29, 1.82) is 0 Å². The van der Waals surface area contributed by atoms with Crippen LogP contribution in [0.25, 0.3) is 0 Å². The second kappa shape index (κ2) is 8.52. The molecule has 0 amide bonds. The Morgan fingerprint density at radius 2 is 1.75 bits per heavy atom. The normalized spacial score (nSPS) is 16.9. The molecule has 1 saturated carbocycles. The van der Waals surface area contributed by atoms with E-state index in [-0.39, 0.29) is 11.0 Å². The summed E-state index contributed by atoms with van der Waals surface area (Å²) in [6, 6.07) is 10.1. The second-order valence-corrected chi connectivity index (χ2v) is 10.9. The smallest absolute Gasteiger partial charge is 0.165 e. The molecule has 3 nitrogen and oxygen atoms in total. The summed E-state index contributed by atoms with van der Waals surface area (Å²) < 4.78 is 24.5. The van der Waals surface area contributed by atoms with Gasteiger partial charge in [-0.05, 0) is 51.0 Å². The number of ketones is 1. The molecule has 5 heteroatoms. The van der Waals surface area contributed by atoms with Gasteiger partial charge in [0.2, 0.25) is 0 Å². The van der Waals surface area contributed by atoms with Crippen LogP contribution in [0.2, 0.25) is 0 Å². The summed E-state index contributed by atoms with van der Waals surface area (Å²) in [5.41, 5.74) is 0. The number of thioether (sulfide) groups is 1. The lowest BCUT2D eigenvalue weighted by Gasteiger charge is -2.31. The standard InChI is InChI=1S/C19H28O3S2/c1-19(2,24(21,22)17-12-7-4-8-13-17)18(20)14-9-15-23-16-10-5-3-6-11-16/h3,5-6,10-11,17H,4,7-9,12-15H2,1-2H3. The van der Waals surface area contributed by atoms with Crippen molar-refractivity contribution < 1.29 is 13.2 Å². The molecule has 0 radical (unpaired) electrons. The second-order valence-electron chi connectivity index (χ2n) is 7.00. The highest BCUT2D eigenvalue weighted by Gasteiger charge is 2.45. The summed E-state index contributed by atoms with van der Waals surface area (Å²) in [6.45, 7) is 3.20. The number of Topliss-reactive ketones (excluding diaryl/α,β-unsaturated/α-hetero) is 1. The van der Waals surface area contributed by atoms with E-state index in [2.05, 4.69) is 0 Å². The Bertz CT molecular complexity index is 630. The zero-order valence-electron chi connectivity index (χ0n) is 14.7. The van der Waals surface area contributed by atoms with Crippen LogP contribution in [-0.2, 0) is 14.6 Å². The minimum Gasteiger partial charge on any atom is -0.298 e. The Morgan fingerprint density at radius 3 is 2.38 bits per heavy atom. The SMILES string of the molecule is CC(C)(C(=O)CCCSc1ccccc1)S(=O)(=O)C1CCCCC1. The van der Waals surface area contributed by atoms with Crippen LogP contribution in [0.4, 0.5) is 0 Å². The molecule has 0 spiro atoms. The molecule has 0 unspecified atom stereocenters. The number of rotatable bonds is 8. The number of sulfone groups is 1. The topological polar surface area (TPSA) is 51.2 Å². The van der Waals surface area contributed by atoms with Crippen molar-refractivity contribution in [2.24, 2.45) is 0 Å². The van der Waals surface area contributed by atoms with Crippen LogP contribution in [-0.4, -0.2) is 30.0 Å². The van der Waals surface area contributed by atoms with E-state index in [1.54, 1.807) is 25.6 Å². The lowest BCUT2D eigenvalue weighted by atomic mass is 10.0.